The Balaban J connectivity index is 1.88. The summed E-state index contributed by atoms with van der Waals surface area (Å²) in [6.45, 7) is 0. The van der Waals surface area contributed by atoms with E-state index in [0.29, 0.717) is 16.2 Å². The molecule has 0 fully saturated rings. The molecule has 1 aromatic heterocycles. The van der Waals surface area contributed by atoms with E-state index in [9.17, 15) is 9.00 Å². The summed E-state index contributed by atoms with van der Waals surface area (Å²) < 4.78 is 21.9. The van der Waals surface area contributed by atoms with E-state index in [2.05, 4.69) is 21.2 Å². The second kappa shape index (κ2) is 8.51. The molecule has 0 aliphatic rings. The zero-order valence-corrected chi connectivity index (χ0v) is 16.3. The smallest absolute Gasteiger partial charge is 0.286 e. The van der Waals surface area contributed by atoms with Gasteiger partial charge in [0.15, 0.2) is 0 Å². The van der Waals surface area contributed by atoms with Gasteiger partial charge in [0.25, 0.3) is 5.91 Å². The highest BCUT2D eigenvalue weighted by Crippen LogP contribution is 2.14. The van der Waals surface area contributed by atoms with Crippen LogP contribution in [0.4, 0.5) is 0 Å². The van der Waals surface area contributed by atoms with E-state index in [-0.39, 0.29) is 5.56 Å². The highest BCUT2D eigenvalue weighted by molar-refractivity contribution is 7.93. The van der Waals surface area contributed by atoms with Crippen LogP contribution >= 0.6 is 0 Å². The normalized spacial score (nSPS) is 12.2. The summed E-state index contributed by atoms with van der Waals surface area (Å²) in [5.74, 6) is 6.10. The number of carbonyl (C=O) groups excluding carboxylic acids is 1. The molecule has 0 aliphatic heterocycles. The van der Waals surface area contributed by atoms with Crippen LogP contribution in [0.2, 0.25) is 0 Å². The van der Waals surface area contributed by atoms with Crippen LogP contribution in [-0.2, 0) is 9.73 Å². The van der Waals surface area contributed by atoms with Gasteiger partial charge in [-0.05, 0) is 36.4 Å². The van der Waals surface area contributed by atoms with Gasteiger partial charge in [-0.15, -0.1) is 0 Å². The van der Waals surface area contributed by atoms with Gasteiger partial charge in [0.2, 0.25) is 0 Å². The fourth-order valence-corrected chi connectivity index (χ4v) is 3.60. The van der Waals surface area contributed by atoms with Crippen molar-refractivity contribution in [2.24, 2.45) is 4.36 Å². The van der Waals surface area contributed by atoms with E-state index in [1.54, 1.807) is 43.6 Å². The summed E-state index contributed by atoms with van der Waals surface area (Å²) in [5, 5.41) is 0. The third-order valence-electron chi connectivity index (χ3n) is 3.84. The second-order valence-corrected chi connectivity index (χ2v) is 8.22. The quantitative estimate of drug-likeness (QED) is 0.638. The lowest BCUT2D eigenvalue weighted by molar-refractivity contribution is 0.100. The van der Waals surface area contributed by atoms with Gasteiger partial charge < -0.3 is 4.74 Å². The van der Waals surface area contributed by atoms with E-state index in [1.165, 1.54) is 12.5 Å². The summed E-state index contributed by atoms with van der Waals surface area (Å²) in [4.78, 5) is 17.1. The highest BCUT2D eigenvalue weighted by Gasteiger charge is 2.11. The maximum atomic E-state index is 12.8. The number of pyridine rings is 1. The predicted molar refractivity (Wildman–Crippen MR) is 109 cm³/mol. The SMILES string of the molecule is COc1cccc(C#Cc2cncc(C(=O)N=S(C)(=O)c3ccccc3)c2)c1. The molecule has 1 unspecified atom stereocenters. The first kappa shape index (κ1) is 19.3. The van der Waals surface area contributed by atoms with Crippen molar-refractivity contribution < 1.29 is 13.7 Å². The van der Waals surface area contributed by atoms with Gasteiger partial charge in [-0.25, -0.2) is 4.21 Å². The van der Waals surface area contributed by atoms with Gasteiger partial charge in [0.05, 0.1) is 22.4 Å². The fourth-order valence-electron chi connectivity index (χ4n) is 2.41. The fraction of sp³-hybridized carbons (Fsp3) is 0.0909. The molecule has 0 saturated heterocycles. The molecule has 0 spiro atoms. The minimum absolute atomic E-state index is 0.239. The average Bonchev–Trinajstić information content (AvgIpc) is 2.73. The summed E-state index contributed by atoms with van der Waals surface area (Å²) in [5.41, 5.74) is 1.58. The minimum atomic E-state index is -2.84. The number of rotatable bonds is 3. The third kappa shape index (κ3) is 4.84. The lowest BCUT2D eigenvalue weighted by Gasteiger charge is -2.03. The molecule has 0 radical (unpaired) electrons. The summed E-state index contributed by atoms with van der Waals surface area (Å²) in [7, 11) is -1.24. The molecule has 0 aliphatic carbocycles. The summed E-state index contributed by atoms with van der Waals surface area (Å²) >= 11 is 0. The van der Waals surface area contributed by atoms with Gasteiger partial charge in [0.1, 0.15) is 5.75 Å². The first-order chi connectivity index (χ1) is 13.5. The third-order valence-corrected chi connectivity index (χ3v) is 5.50. The number of hydrogen-bond donors (Lipinski definition) is 0. The Labute approximate surface area is 164 Å². The van der Waals surface area contributed by atoms with Crippen LogP contribution < -0.4 is 4.74 Å². The van der Waals surface area contributed by atoms with Gasteiger partial charge in [0, 0.05) is 34.7 Å². The number of amides is 1. The van der Waals surface area contributed by atoms with Crippen LogP contribution in [0.15, 0.2) is 82.3 Å². The van der Waals surface area contributed by atoms with Crippen molar-refractivity contribution in [2.45, 2.75) is 4.90 Å². The van der Waals surface area contributed by atoms with E-state index in [0.717, 1.165) is 5.56 Å². The Morgan fingerprint density at radius 1 is 1.00 bits per heavy atom. The average molecular weight is 390 g/mol. The number of nitrogens with zero attached hydrogens (tertiary/aromatic N) is 2. The van der Waals surface area contributed by atoms with Crippen LogP contribution in [0.5, 0.6) is 5.75 Å². The topological polar surface area (TPSA) is 68.6 Å². The van der Waals surface area contributed by atoms with Crippen LogP contribution in [0.3, 0.4) is 0 Å². The summed E-state index contributed by atoms with van der Waals surface area (Å²) in [6, 6.07) is 17.7. The van der Waals surface area contributed by atoms with Gasteiger partial charge in [-0.3, -0.25) is 9.78 Å². The van der Waals surface area contributed by atoms with Crippen molar-refractivity contribution >= 4 is 15.6 Å². The molecule has 0 N–H and O–H groups in total. The Kier molecular flexibility index (Phi) is 5.87. The molecule has 6 heteroatoms. The molecule has 5 nitrogen and oxygen atoms in total. The van der Waals surface area contributed by atoms with Gasteiger partial charge in [-0.2, -0.15) is 4.36 Å². The molecule has 2 aromatic carbocycles. The second-order valence-electron chi connectivity index (χ2n) is 5.96. The van der Waals surface area contributed by atoms with Crippen LogP contribution in [-0.4, -0.2) is 28.5 Å². The van der Waals surface area contributed by atoms with Crippen molar-refractivity contribution in [3.05, 3.63) is 89.7 Å². The molecular formula is C22H18N2O3S. The van der Waals surface area contributed by atoms with Crippen molar-refractivity contribution in [3.8, 4) is 17.6 Å². The molecule has 3 rings (SSSR count). The lowest BCUT2D eigenvalue weighted by Crippen LogP contribution is -2.04. The van der Waals surface area contributed by atoms with Crippen LogP contribution in [0.1, 0.15) is 21.5 Å². The maximum absolute atomic E-state index is 12.8. The maximum Gasteiger partial charge on any atom is 0.286 e. The molecule has 1 amide bonds. The lowest BCUT2D eigenvalue weighted by atomic mass is 10.1. The molecule has 1 heterocycles. The Hall–Kier alpha value is -3.43. The molecular weight excluding hydrogens is 372 g/mol. The first-order valence-corrected chi connectivity index (χ1v) is 10.3. The predicted octanol–water partition coefficient (Wildman–Crippen LogP) is 3.79. The molecule has 0 saturated carbocycles. The van der Waals surface area contributed by atoms with Gasteiger partial charge in [-0.1, -0.05) is 36.1 Å². The molecule has 140 valence electrons. The number of methoxy groups -OCH3 is 1. The Morgan fingerprint density at radius 2 is 1.75 bits per heavy atom. The Morgan fingerprint density at radius 3 is 2.50 bits per heavy atom. The molecule has 1 atom stereocenters. The number of carbonyl (C=O) groups is 1. The largest absolute Gasteiger partial charge is 0.497 e. The number of hydrogen-bond acceptors (Lipinski definition) is 4. The van der Waals surface area contributed by atoms with Crippen LogP contribution in [0, 0.1) is 11.8 Å². The van der Waals surface area contributed by atoms with Crippen molar-refractivity contribution in [2.75, 3.05) is 13.4 Å². The van der Waals surface area contributed by atoms with E-state index in [4.69, 9.17) is 4.74 Å². The molecule has 28 heavy (non-hydrogen) atoms. The monoisotopic (exact) mass is 390 g/mol. The number of ether oxygens (including phenoxy) is 1. The van der Waals surface area contributed by atoms with E-state index >= 15 is 0 Å². The zero-order valence-electron chi connectivity index (χ0n) is 15.5. The number of benzene rings is 2. The molecule has 3 aromatic rings. The zero-order chi connectivity index (χ0) is 20.0. The standard InChI is InChI=1S/C22H18N2O3S/c1-27-20-8-6-7-17(14-20)11-12-18-13-19(16-23-15-18)22(25)24-28(2,26)21-9-4-3-5-10-21/h3-10,13-16H,1-2H3. The number of aromatic nitrogens is 1. The highest BCUT2D eigenvalue weighted by atomic mass is 32.2. The summed E-state index contributed by atoms with van der Waals surface area (Å²) in [6.07, 6.45) is 4.40. The van der Waals surface area contributed by atoms with Crippen molar-refractivity contribution in [1.82, 2.24) is 4.98 Å². The van der Waals surface area contributed by atoms with Crippen molar-refractivity contribution in [3.63, 3.8) is 0 Å². The molecule has 0 bridgehead atoms. The Bertz CT molecular complexity index is 1180. The van der Waals surface area contributed by atoms with Gasteiger partial charge >= 0.3 is 0 Å². The first-order valence-electron chi connectivity index (χ1n) is 8.40. The van der Waals surface area contributed by atoms with Crippen LogP contribution in [0.25, 0.3) is 0 Å². The van der Waals surface area contributed by atoms with E-state index < -0.39 is 15.6 Å². The van der Waals surface area contributed by atoms with Crippen molar-refractivity contribution in [1.29, 1.82) is 0 Å². The minimum Gasteiger partial charge on any atom is -0.497 e. The van der Waals surface area contributed by atoms with E-state index in [1.807, 2.05) is 30.3 Å².